The average Bonchev–Trinajstić information content (AvgIpc) is 2.29. The topological polar surface area (TPSA) is 16.1 Å². The van der Waals surface area contributed by atoms with Gasteiger partial charge >= 0.3 is 0 Å². The van der Waals surface area contributed by atoms with E-state index in [1.54, 1.807) is 0 Å². The fourth-order valence-corrected chi connectivity index (χ4v) is 2.66. The fraction of sp³-hybridized carbons (Fsp3) is 0.643. The molecule has 2 rings (SSSR count). The molecule has 0 atom stereocenters. The van der Waals surface area contributed by atoms with Crippen LogP contribution in [0.15, 0.2) is 12.3 Å². The van der Waals surface area contributed by atoms with Crippen molar-refractivity contribution in [3.05, 3.63) is 23.4 Å². The van der Waals surface area contributed by atoms with Crippen molar-refractivity contribution < 1.29 is 0 Å². The van der Waals surface area contributed by atoms with Crippen molar-refractivity contribution in [2.24, 2.45) is 5.41 Å². The summed E-state index contributed by atoms with van der Waals surface area (Å²) in [5.41, 5.74) is 3.05. The van der Waals surface area contributed by atoms with Gasteiger partial charge in [-0.05, 0) is 36.3 Å². The number of halogens is 1. The second kappa shape index (κ2) is 4.97. The molecule has 1 aliphatic rings. The van der Waals surface area contributed by atoms with Gasteiger partial charge in [-0.15, -0.1) is 0 Å². The van der Waals surface area contributed by atoms with Gasteiger partial charge in [0.2, 0.25) is 0 Å². The van der Waals surface area contributed by atoms with E-state index < -0.39 is 0 Å². The van der Waals surface area contributed by atoms with E-state index in [4.69, 9.17) is 0 Å². The molecular weight excluding hydrogens is 276 g/mol. The zero-order chi connectivity index (χ0) is 12.5. The lowest BCUT2D eigenvalue weighted by Crippen LogP contribution is -2.38. The Labute approximate surface area is 113 Å². The molecule has 17 heavy (non-hydrogen) atoms. The number of rotatable bonds is 2. The number of nitrogens with zero attached hydrogens (tertiary/aromatic N) is 2. The summed E-state index contributed by atoms with van der Waals surface area (Å²) in [5.74, 6) is 1.17. The van der Waals surface area contributed by atoms with Crippen LogP contribution in [-0.4, -0.2) is 18.1 Å². The van der Waals surface area contributed by atoms with Crippen LogP contribution in [0.1, 0.15) is 37.8 Å². The van der Waals surface area contributed by atoms with E-state index in [9.17, 15) is 0 Å². The molecule has 0 aromatic carbocycles. The molecule has 3 heteroatoms. The SMILES string of the molecule is Cc1cc(CBr)cnc1N1CCC(C)(C)CC1. The zero-order valence-corrected chi connectivity index (χ0v) is 12.5. The summed E-state index contributed by atoms with van der Waals surface area (Å²) >= 11 is 3.47. The lowest BCUT2D eigenvalue weighted by atomic mass is 9.82. The Hall–Kier alpha value is -0.570. The lowest BCUT2D eigenvalue weighted by Gasteiger charge is -2.38. The molecule has 0 unspecified atom stereocenters. The monoisotopic (exact) mass is 296 g/mol. The van der Waals surface area contributed by atoms with E-state index in [2.05, 4.69) is 52.7 Å². The van der Waals surface area contributed by atoms with Crippen LogP contribution in [0.4, 0.5) is 5.82 Å². The first-order valence-electron chi connectivity index (χ1n) is 6.28. The van der Waals surface area contributed by atoms with Crippen molar-refractivity contribution in [3.8, 4) is 0 Å². The summed E-state index contributed by atoms with van der Waals surface area (Å²) in [5, 5.41) is 0.883. The Kier molecular flexibility index (Phi) is 3.76. The average molecular weight is 297 g/mol. The summed E-state index contributed by atoms with van der Waals surface area (Å²) in [6, 6.07) is 2.23. The van der Waals surface area contributed by atoms with E-state index >= 15 is 0 Å². The molecule has 0 amide bonds. The van der Waals surface area contributed by atoms with Gasteiger partial charge in [-0.1, -0.05) is 35.8 Å². The van der Waals surface area contributed by atoms with Gasteiger partial charge in [0.15, 0.2) is 0 Å². The smallest absolute Gasteiger partial charge is 0.131 e. The molecule has 0 spiro atoms. The van der Waals surface area contributed by atoms with Crippen LogP contribution in [0.2, 0.25) is 0 Å². The van der Waals surface area contributed by atoms with Crippen molar-refractivity contribution in [2.75, 3.05) is 18.0 Å². The third kappa shape index (κ3) is 3.01. The van der Waals surface area contributed by atoms with Crippen molar-refractivity contribution in [3.63, 3.8) is 0 Å². The van der Waals surface area contributed by atoms with Gasteiger partial charge in [0.05, 0.1) is 0 Å². The quantitative estimate of drug-likeness (QED) is 0.769. The lowest BCUT2D eigenvalue weighted by molar-refractivity contribution is 0.279. The second-order valence-corrected chi connectivity index (χ2v) is 6.33. The van der Waals surface area contributed by atoms with Gasteiger partial charge in [-0.2, -0.15) is 0 Å². The summed E-state index contributed by atoms with van der Waals surface area (Å²) < 4.78 is 0. The number of hydrogen-bond donors (Lipinski definition) is 0. The first-order chi connectivity index (χ1) is 8.02. The maximum Gasteiger partial charge on any atom is 0.131 e. The summed E-state index contributed by atoms with van der Waals surface area (Å²) in [6.45, 7) is 9.15. The highest BCUT2D eigenvalue weighted by Gasteiger charge is 2.26. The molecule has 2 nitrogen and oxygen atoms in total. The van der Waals surface area contributed by atoms with E-state index in [0.29, 0.717) is 5.41 Å². The molecule has 2 heterocycles. The number of hydrogen-bond acceptors (Lipinski definition) is 2. The van der Waals surface area contributed by atoms with Crippen LogP contribution in [0.5, 0.6) is 0 Å². The van der Waals surface area contributed by atoms with Crippen molar-refractivity contribution in [1.29, 1.82) is 0 Å². The van der Waals surface area contributed by atoms with Crippen molar-refractivity contribution in [1.82, 2.24) is 4.98 Å². The van der Waals surface area contributed by atoms with Crippen LogP contribution >= 0.6 is 15.9 Å². The van der Waals surface area contributed by atoms with E-state index in [0.717, 1.165) is 18.4 Å². The Bertz CT molecular complexity index is 391. The predicted molar refractivity (Wildman–Crippen MR) is 76.8 cm³/mol. The van der Waals surface area contributed by atoms with Crippen LogP contribution in [0, 0.1) is 12.3 Å². The Morgan fingerprint density at radius 1 is 1.35 bits per heavy atom. The van der Waals surface area contributed by atoms with Crippen LogP contribution in [-0.2, 0) is 5.33 Å². The summed E-state index contributed by atoms with van der Waals surface area (Å²) in [4.78, 5) is 7.05. The van der Waals surface area contributed by atoms with Gasteiger partial charge < -0.3 is 4.90 Å². The van der Waals surface area contributed by atoms with Crippen molar-refractivity contribution in [2.45, 2.75) is 38.9 Å². The van der Waals surface area contributed by atoms with Crippen LogP contribution < -0.4 is 4.90 Å². The third-order valence-corrected chi connectivity index (χ3v) is 4.33. The molecule has 94 valence electrons. The summed E-state index contributed by atoms with van der Waals surface area (Å²) in [6.07, 6.45) is 4.50. The number of piperidine rings is 1. The third-order valence-electron chi connectivity index (χ3n) is 3.68. The van der Waals surface area contributed by atoms with Gasteiger partial charge in [-0.3, -0.25) is 0 Å². The largest absolute Gasteiger partial charge is 0.356 e. The first-order valence-corrected chi connectivity index (χ1v) is 7.40. The fourth-order valence-electron chi connectivity index (χ4n) is 2.35. The number of pyridine rings is 1. The normalized spacial score (nSPS) is 19.4. The van der Waals surface area contributed by atoms with Crippen LogP contribution in [0.25, 0.3) is 0 Å². The minimum absolute atomic E-state index is 0.500. The Morgan fingerprint density at radius 2 is 2.00 bits per heavy atom. The highest BCUT2D eigenvalue weighted by molar-refractivity contribution is 9.08. The molecule has 1 aromatic heterocycles. The molecule has 1 aliphatic heterocycles. The highest BCUT2D eigenvalue weighted by atomic mass is 79.9. The maximum absolute atomic E-state index is 4.62. The molecule has 0 N–H and O–H groups in total. The van der Waals surface area contributed by atoms with E-state index in [1.165, 1.54) is 29.8 Å². The van der Waals surface area contributed by atoms with Crippen molar-refractivity contribution >= 4 is 21.7 Å². The number of aromatic nitrogens is 1. The second-order valence-electron chi connectivity index (χ2n) is 5.77. The molecule has 1 fully saturated rings. The molecule has 0 radical (unpaired) electrons. The zero-order valence-electron chi connectivity index (χ0n) is 11.0. The van der Waals surface area contributed by atoms with Gasteiger partial charge in [0, 0.05) is 24.6 Å². The van der Waals surface area contributed by atoms with Crippen LogP contribution in [0.3, 0.4) is 0 Å². The molecule has 1 aromatic rings. The van der Waals surface area contributed by atoms with Gasteiger partial charge in [0.1, 0.15) is 5.82 Å². The molecule has 0 bridgehead atoms. The Morgan fingerprint density at radius 3 is 2.53 bits per heavy atom. The first kappa shape index (κ1) is 12.9. The number of aryl methyl sites for hydroxylation is 1. The van der Waals surface area contributed by atoms with Gasteiger partial charge in [0.25, 0.3) is 0 Å². The van der Waals surface area contributed by atoms with E-state index in [1.807, 2.05) is 6.20 Å². The van der Waals surface area contributed by atoms with E-state index in [-0.39, 0.29) is 0 Å². The Balaban J connectivity index is 2.13. The molecule has 1 saturated heterocycles. The highest BCUT2D eigenvalue weighted by Crippen LogP contribution is 2.32. The molecule has 0 saturated carbocycles. The standard InChI is InChI=1S/C14H21BrN2/c1-11-8-12(9-15)10-16-13(11)17-6-4-14(2,3)5-7-17/h8,10H,4-7,9H2,1-3H3. The maximum atomic E-state index is 4.62. The minimum Gasteiger partial charge on any atom is -0.356 e. The predicted octanol–water partition coefficient (Wildman–Crippen LogP) is 3.91. The number of alkyl halides is 1. The van der Waals surface area contributed by atoms with Gasteiger partial charge in [-0.25, -0.2) is 4.98 Å². The number of anilines is 1. The molecule has 0 aliphatic carbocycles. The summed E-state index contributed by atoms with van der Waals surface area (Å²) in [7, 11) is 0. The minimum atomic E-state index is 0.500. The molecular formula is C14H21BrN2.